The van der Waals surface area contributed by atoms with E-state index in [-0.39, 0.29) is 18.7 Å². The van der Waals surface area contributed by atoms with Crippen LogP contribution in [0.4, 0.5) is 36.8 Å². The van der Waals surface area contributed by atoms with Crippen LogP contribution in [-0.2, 0) is 18.8 Å². The minimum atomic E-state index is -5.01. The van der Waals surface area contributed by atoms with Gasteiger partial charge in [-0.25, -0.2) is 4.79 Å². The molecule has 1 aliphatic heterocycles. The molecular formula is C29H29ClF6N4O. The van der Waals surface area contributed by atoms with Crippen molar-refractivity contribution in [2.45, 2.75) is 24.8 Å². The first-order valence-electron chi connectivity index (χ1n) is 13.0. The fourth-order valence-electron chi connectivity index (χ4n) is 4.76. The Morgan fingerprint density at radius 3 is 1.98 bits per heavy atom. The van der Waals surface area contributed by atoms with Gasteiger partial charge in [-0.15, -0.1) is 0 Å². The molecule has 3 aromatic carbocycles. The van der Waals surface area contributed by atoms with Crippen molar-refractivity contribution >= 4 is 23.3 Å². The van der Waals surface area contributed by atoms with Gasteiger partial charge < -0.3 is 15.5 Å². The van der Waals surface area contributed by atoms with Crippen LogP contribution in [-0.4, -0.2) is 55.1 Å². The zero-order valence-corrected chi connectivity index (χ0v) is 22.7. The van der Waals surface area contributed by atoms with Crippen molar-refractivity contribution in [2.24, 2.45) is 0 Å². The van der Waals surface area contributed by atoms with E-state index < -0.39 is 35.2 Å². The lowest BCUT2D eigenvalue weighted by atomic mass is 10.0. The molecule has 2 N–H and O–H groups in total. The molecule has 1 unspecified atom stereocenters. The van der Waals surface area contributed by atoms with Gasteiger partial charge in [0, 0.05) is 50.0 Å². The number of piperazine rings is 1. The molecule has 1 fully saturated rings. The van der Waals surface area contributed by atoms with Crippen molar-refractivity contribution in [1.82, 2.24) is 15.1 Å². The Kier molecular flexibility index (Phi) is 9.83. The predicted octanol–water partition coefficient (Wildman–Crippen LogP) is 7.10. The van der Waals surface area contributed by atoms with Crippen LogP contribution in [0.3, 0.4) is 0 Å². The number of carbonyl (C=O) groups excluding carboxylic acids is 1. The second-order valence-electron chi connectivity index (χ2n) is 9.81. The van der Waals surface area contributed by atoms with E-state index >= 15 is 0 Å². The van der Waals surface area contributed by atoms with Crippen LogP contribution in [0.2, 0.25) is 5.02 Å². The fraction of sp³-hybridized carbons (Fsp3) is 0.345. The van der Waals surface area contributed by atoms with Crippen molar-refractivity contribution in [3.63, 3.8) is 0 Å². The summed E-state index contributed by atoms with van der Waals surface area (Å²) in [5.41, 5.74) is -1.48. The number of carbonyl (C=O) groups is 1. The molecule has 41 heavy (non-hydrogen) atoms. The number of hydrogen-bond acceptors (Lipinski definition) is 3. The molecule has 1 saturated heterocycles. The maximum Gasteiger partial charge on any atom is 0.416 e. The SMILES string of the molecule is O=C(NCC(c1ccccc1)N1CCN(CCc2ccc(Cl)cc2)CC1)Nc1cc(C(F)(F)F)cc(C(F)(F)F)c1. The van der Waals surface area contributed by atoms with Gasteiger partial charge in [0.25, 0.3) is 0 Å². The van der Waals surface area contributed by atoms with E-state index in [0.717, 1.165) is 31.6 Å². The van der Waals surface area contributed by atoms with E-state index in [0.29, 0.717) is 30.2 Å². The third-order valence-electron chi connectivity index (χ3n) is 6.96. The van der Waals surface area contributed by atoms with Gasteiger partial charge in [-0.1, -0.05) is 54.1 Å². The quantitative estimate of drug-likeness (QED) is 0.272. The lowest BCUT2D eigenvalue weighted by molar-refractivity contribution is -0.143. The molecule has 1 aliphatic rings. The molecule has 3 aromatic rings. The van der Waals surface area contributed by atoms with Gasteiger partial charge >= 0.3 is 18.4 Å². The van der Waals surface area contributed by atoms with Gasteiger partial charge in [0.1, 0.15) is 0 Å². The zero-order chi connectivity index (χ0) is 29.6. The van der Waals surface area contributed by atoms with Gasteiger partial charge in [-0.3, -0.25) is 4.90 Å². The van der Waals surface area contributed by atoms with Gasteiger partial charge in [-0.2, -0.15) is 26.3 Å². The topological polar surface area (TPSA) is 47.6 Å². The summed E-state index contributed by atoms with van der Waals surface area (Å²) in [5.74, 6) is 0. The molecule has 0 bridgehead atoms. The summed E-state index contributed by atoms with van der Waals surface area (Å²) in [7, 11) is 0. The number of alkyl halides is 6. The number of urea groups is 1. The van der Waals surface area contributed by atoms with Crippen molar-refractivity contribution in [3.05, 3.63) is 100 Å². The lowest BCUT2D eigenvalue weighted by Crippen LogP contribution is -2.50. The van der Waals surface area contributed by atoms with Crippen LogP contribution in [0.25, 0.3) is 0 Å². The molecule has 0 aliphatic carbocycles. The largest absolute Gasteiger partial charge is 0.416 e. The molecule has 4 rings (SSSR count). The van der Waals surface area contributed by atoms with E-state index in [1.165, 1.54) is 5.56 Å². The Labute approximate surface area is 239 Å². The summed E-state index contributed by atoms with van der Waals surface area (Å²) < 4.78 is 79.1. The molecule has 220 valence electrons. The number of hydrogen-bond donors (Lipinski definition) is 2. The Hall–Kier alpha value is -3.28. The number of amides is 2. The first-order chi connectivity index (χ1) is 19.4. The second kappa shape index (κ2) is 13.1. The van der Waals surface area contributed by atoms with Crippen LogP contribution < -0.4 is 10.6 Å². The van der Waals surface area contributed by atoms with Gasteiger partial charge in [0.2, 0.25) is 0 Å². The number of rotatable bonds is 8. The number of halogens is 7. The summed E-state index contributed by atoms with van der Waals surface area (Å²) in [6.07, 6.45) is -9.14. The van der Waals surface area contributed by atoms with Crippen molar-refractivity contribution in [1.29, 1.82) is 0 Å². The normalized spacial score (nSPS) is 15.9. The van der Waals surface area contributed by atoms with Crippen LogP contribution in [0.5, 0.6) is 0 Å². The predicted molar refractivity (Wildman–Crippen MR) is 146 cm³/mol. The standard InChI is InChI=1S/C29H29ClF6N4O/c30-24-8-6-20(7-9-24)10-11-39-12-14-40(15-13-39)26(21-4-2-1-3-5-21)19-37-27(41)38-25-17-22(28(31,32)33)16-23(18-25)29(34,35)36/h1-9,16-18,26H,10-15,19H2,(H2,37,38,41). The molecule has 1 heterocycles. The van der Waals surface area contributed by atoms with Crippen molar-refractivity contribution < 1.29 is 31.1 Å². The fourth-order valence-corrected chi connectivity index (χ4v) is 4.89. The molecule has 12 heteroatoms. The molecule has 0 radical (unpaired) electrons. The minimum Gasteiger partial charge on any atom is -0.336 e. The Morgan fingerprint density at radius 2 is 1.41 bits per heavy atom. The maximum atomic E-state index is 13.2. The maximum absolute atomic E-state index is 13.2. The second-order valence-corrected chi connectivity index (χ2v) is 10.2. The smallest absolute Gasteiger partial charge is 0.336 e. The summed E-state index contributed by atoms with van der Waals surface area (Å²) in [6, 6.07) is 17.0. The van der Waals surface area contributed by atoms with Crippen LogP contribution in [0.15, 0.2) is 72.8 Å². The molecule has 0 saturated carbocycles. The first-order valence-corrected chi connectivity index (χ1v) is 13.4. The third-order valence-corrected chi connectivity index (χ3v) is 7.22. The highest BCUT2D eigenvalue weighted by Gasteiger charge is 2.37. The van der Waals surface area contributed by atoms with Gasteiger partial charge in [-0.05, 0) is 47.9 Å². The summed E-state index contributed by atoms with van der Waals surface area (Å²) in [6.45, 7) is 4.01. The van der Waals surface area contributed by atoms with E-state index in [1.54, 1.807) is 0 Å². The van der Waals surface area contributed by atoms with E-state index in [9.17, 15) is 31.1 Å². The highest BCUT2D eigenvalue weighted by molar-refractivity contribution is 6.30. The first kappa shape index (κ1) is 30.7. The van der Waals surface area contributed by atoms with E-state index in [1.807, 2.05) is 54.6 Å². The number of nitrogens with one attached hydrogen (secondary N) is 2. The van der Waals surface area contributed by atoms with Gasteiger partial charge in [0.05, 0.1) is 17.2 Å². The summed E-state index contributed by atoms with van der Waals surface area (Å²) in [4.78, 5) is 17.2. The van der Waals surface area contributed by atoms with Crippen LogP contribution in [0.1, 0.15) is 28.3 Å². The van der Waals surface area contributed by atoms with Crippen molar-refractivity contribution in [2.75, 3.05) is 44.6 Å². The average Bonchev–Trinajstić information content (AvgIpc) is 2.93. The molecule has 1 atom stereocenters. The molecule has 0 spiro atoms. The number of nitrogens with zero attached hydrogens (tertiary/aromatic N) is 2. The Balaban J connectivity index is 1.38. The third kappa shape index (κ3) is 8.85. The monoisotopic (exact) mass is 598 g/mol. The minimum absolute atomic E-state index is 0.0175. The highest BCUT2D eigenvalue weighted by atomic mass is 35.5. The Morgan fingerprint density at radius 1 is 0.829 bits per heavy atom. The summed E-state index contributed by atoms with van der Waals surface area (Å²) >= 11 is 5.96. The Bertz CT molecular complexity index is 1260. The molecule has 0 aromatic heterocycles. The van der Waals surface area contributed by atoms with Crippen molar-refractivity contribution in [3.8, 4) is 0 Å². The zero-order valence-electron chi connectivity index (χ0n) is 21.9. The number of anilines is 1. The highest BCUT2D eigenvalue weighted by Crippen LogP contribution is 2.37. The molecular weight excluding hydrogens is 570 g/mol. The van der Waals surface area contributed by atoms with Gasteiger partial charge in [0.15, 0.2) is 0 Å². The van der Waals surface area contributed by atoms with E-state index in [4.69, 9.17) is 11.6 Å². The van der Waals surface area contributed by atoms with Crippen LogP contribution >= 0.6 is 11.6 Å². The van der Waals surface area contributed by atoms with Crippen LogP contribution in [0, 0.1) is 0 Å². The number of benzene rings is 3. The van der Waals surface area contributed by atoms with E-state index in [2.05, 4.69) is 20.4 Å². The lowest BCUT2D eigenvalue weighted by Gasteiger charge is -2.39. The molecule has 5 nitrogen and oxygen atoms in total. The molecule has 2 amide bonds. The summed E-state index contributed by atoms with van der Waals surface area (Å²) in [5, 5.41) is 5.45. The average molecular weight is 599 g/mol.